The minimum atomic E-state index is 0.431. The Hall–Kier alpha value is -1.44. The maximum atomic E-state index is 9.85. The highest BCUT2D eigenvalue weighted by atomic mass is 16.3. The van der Waals surface area contributed by atoms with Gasteiger partial charge in [-0.25, -0.2) is 0 Å². The summed E-state index contributed by atoms with van der Waals surface area (Å²) >= 11 is 0. The van der Waals surface area contributed by atoms with Crippen molar-refractivity contribution in [2.75, 3.05) is 0 Å². The number of phenols is 1. The number of aromatic nitrogens is 1. The van der Waals surface area contributed by atoms with Crippen molar-refractivity contribution in [3.05, 3.63) is 30.0 Å². The highest BCUT2D eigenvalue weighted by Crippen LogP contribution is 2.29. The molecule has 0 aliphatic heterocycles. The second kappa shape index (κ2) is 2.80. The molecule has 0 radical (unpaired) electrons. The molecule has 0 spiro atoms. The highest BCUT2D eigenvalue weighted by Gasteiger charge is 2.06. The Bertz CT molecular complexity index is 443. The Morgan fingerprint density at radius 3 is 2.77 bits per heavy atom. The maximum absolute atomic E-state index is 9.85. The lowest BCUT2D eigenvalue weighted by Gasteiger charge is -2.03. The summed E-state index contributed by atoms with van der Waals surface area (Å²) in [7, 11) is 1.98. The Morgan fingerprint density at radius 1 is 1.31 bits per heavy atom. The third-order valence-electron chi connectivity index (χ3n) is 2.50. The predicted octanol–water partition coefficient (Wildman–Crippen LogP) is 2.45. The number of aromatic hydroxyl groups is 1. The molecule has 0 saturated carbocycles. The van der Waals surface area contributed by atoms with E-state index in [4.69, 9.17) is 0 Å². The van der Waals surface area contributed by atoms with E-state index in [1.54, 1.807) is 0 Å². The van der Waals surface area contributed by atoms with Gasteiger partial charge < -0.3 is 9.67 Å². The van der Waals surface area contributed by atoms with Crippen LogP contribution >= 0.6 is 0 Å². The van der Waals surface area contributed by atoms with Crippen LogP contribution in [0.15, 0.2) is 24.4 Å². The van der Waals surface area contributed by atoms with Crippen LogP contribution in [0.25, 0.3) is 10.9 Å². The molecule has 13 heavy (non-hydrogen) atoms. The zero-order chi connectivity index (χ0) is 9.42. The number of benzene rings is 1. The number of aryl methyl sites for hydroxylation is 2. The standard InChI is InChI=1S/C11H13NO/c1-3-8-4-5-10-9(11(8)13)6-7-12(10)2/h4-7,13H,3H2,1-2H3. The van der Waals surface area contributed by atoms with Crippen LogP contribution < -0.4 is 0 Å². The Balaban J connectivity index is 2.80. The van der Waals surface area contributed by atoms with Crippen molar-refractivity contribution in [2.45, 2.75) is 13.3 Å². The van der Waals surface area contributed by atoms with Crippen molar-refractivity contribution < 1.29 is 5.11 Å². The molecule has 2 rings (SSSR count). The minimum Gasteiger partial charge on any atom is -0.507 e. The number of rotatable bonds is 1. The SMILES string of the molecule is CCc1ccc2c(ccn2C)c1O. The van der Waals surface area contributed by atoms with Gasteiger partial charge in [0.25, 0.3) is 0 Å². The highest BCUT2D eigenvalue weighted by molar-refractivity contribution is 5.87. The molecular weight excluding hydrogens is 162 g/mol. The monoisotopic (exact) mass is 175 g/mol. The molecule has 0 aliphatic carbocycles. The van der Waals surface area contributed by atoms with E-state index in [0.717, 1.165) is 22.9 Å². The van der Waals surface area contributed by atoms with Gasteiger partial charge in [0.1, 0.15) is 5.75 Å². The molecule has 68 valence electrons. The first-order valence-corrected chi connectivity index (χ1v) is 4.50. The molecule has 2 nitrogen and oxygen atoms in total. The first-order chi connectivity index (χ1) is 6.24. The van der Waals surface area contributed by atoms with Gasteiger partial charge in [-0.1, -0.05) is 13.0 Å². The number of phenolic OH excluding ortho intramolecular Hbond substituents is 1. The zero-order valence-corrected chi connectivity index (χ0v) is 7.91. The van der Waals surface area contributed by atoms with Gasteiger partial charge in [-0.2, -0.15) is 0 Å². The Morgan fingerprint density at radius 2 is 2.08 bits per heavy atom. The average Bonchev–Trinajstić information content (AvgIpc) is 2.50. The van der Waals surface area contributed by atoms with E-state index in [1.807, 2.05) is 42.9 Å². The molecule has 1 aromatic carbocycles. The molecule has 1 heterocycles. The third-order valence-corrected chi connectivity index (χ3v) is 2.50. The minimum absolute atomic E-state index is 0.431. The van der Waals surface area contributed by atoms with E-state index >= 15 is 0 Å². The van der Waals surface area contributed by atoms with Crippen molar-refractivity contribution >= 4 is 10.9 Å². The molecule has 1 N–H and O–H groups in total. The molecular formula is C11H13NO. The van der Waals surface area contributed by atoms with Crippen molar-refractivity contribution in [3.63, 3.8) is 0 Å². The quantitative estimate of drug-likeness (QED) is 0.707. The molecule has 0 atom stereocenters. The third kappa shape index (κ3) is 1.10. The fraction of sp³-hybridized carbons (Fsp3) is 0.273. The van der Waals surface area contributed by atoms with Crippen LogP contribution in [0.2, 0.25) is 0 Å². The fourth-order valence-electron chi connectivity index (χ4n) is 1.67. The van der Waals surface area contributed by atoms with E-state index in [1.165, 1.54) is 0 Å². The van der Waals surface area contributed by atoms with E-state index in [0.29, 0.717) is 5.75 Å². The van der Waals surface area contributed by atoms with Gasteiger partial charge >= 0.3 is 0 Å². The zero-order valence-electron chi connectivity index (χ0n) is 7.91. The fourth-order valence-corrected chi connectivity index (χ4v) is 1.67. The molecule has 0 amide bonds. The number of hydrogen-bond acceptors (Lipinski definition) is 1. The first-order valence-electron chi connectivity index (χ1n) is 4.50. The summed E-state index contributed by atoms with van der Waals surface area (Å²) in [5.74, 6) is 0.431. The van der Waals surface area contributed by atoms with Crippen LogP contribution in [0.5, 0.6) is 5.75 Å². The van der Waals surface area contributed by atoms with Gasteiger partial charge in [0.2, 0.25) is 0 Å². The molecule has 2 aromatic rings. The molecule has 2 heteroatoms. The van der Waals surface area contributed by atoms with E-state index < -0.39 is 0 Å². The van der Waals surface area contributed by atoms with Crippen LogP contribution in [0.4, 0.5) is 0 Å². The van der Waals surface area contributed by atoms with E-state index in [9.17, 15) is 5.11 Å². The van der Waals surface area contributed by atoms with E-state index in [-0.39, 0.29) is 0 Å². The summed E-state index contributed by atoms with van der Waals surface area (Å²) < 4.78 is 2.01. The lowest BCUT2D eigenvalue weighted by molar-refractivity contribution is 0.475. The average molecular weight is 175 g/mol. The van der Waals surface area contributed by atoms with Gasteiger partial charge in [0, 0.05) is 18.6 Å². The summed E-state index contributed by atoms with van der Waals surface area (Å²) in [5, 5.41) is 10.8. The van der Waals surface area contributed by atoms with Crippen LogP contribution in [0.1, 0.15) is 12.5 Å². The van der Waals surface area contributed by atoms with Gasteiger partial charge in [0.15, 0.2) is 0 Å². The second-order valence-corrected chi connectivity index (χ2v) is 3.29. The number of hydrogen-bond donors (Lipinski definition) is 1. The summed E-state index contributed by atoms with van der Waals surface area (Å²) in [6.07, 6.45) is 2.83. The molecule has 1 aromatic heterocycles. The van der Waals surface area contributed by atoms with Crippen molar-refractivity contribution in [2.24, 2.45) is 7.05 Å². The van der Waals surface area contributed by atoms with Crippen LogP contribution in [0, 0.1) is 0 Å². The molecule has 0 unspecified atom stereocenters. The second-order valence-electron chi connectivity index (χ2n) is 3.29. The van der Waals surface area contributed by atoms with Crippen molar-refractivity contribution in [3.8, 4) is 5.75 Å². The molecule has 0 saturated heterocycles. The summed E-state index contributed by atoms with van der Waals surface area (Å²) in [6.45, 7) is 2.05. The lowest BCUT2D eigenvalue weighted by atomic mass is 10.1. The normalized spacial score (nSPS) is 10.9. The molecule has 0 fully saturated rings. The summed E-state index contributed by atoms with van der Waals surface area (Å²) in [6, 6.07) is 5.98. The largest absolute Gasteiger partial charge is 0.507 e. The summed E-state index contributed by atoms with van der Waals surface area (Å²) in [4.78, 5) is 0. The van der Waals surface area contributed by atoms with Crippen molar-refractivity contribution in [1.29, 1.82) is 0 Å². The van der Waals surface area contributed by atoms with E-state index in [2.05, 4.69) is 0 Å². The van der Waals surface area contributed by atoms with Crippen LogP contribution in [-0.2, 0) is 13.5 Å². The summed E-state index contributed by atoms with van der Waals surface area (Å²) in [5.41, 5.74) is 2.09. The topological polar surface area (TPSA) is 25.2 Å². The first kappa shape index (κ1) is 8.17. The van der Waals surface area contributed by atoms with Gasteiger partial charge in [-0.05, 0) is 24.1 Å². The molecule has 0 aliphatic rings. The maximum Gasteiger partial charge on any atom is 0.128 e. The van der Waals surface area contributed by atoms with Gasteiger partial charge in [0.05, 0.1) is 5.52 Å². The predicted molar refractivity (Wildman–Crippen MR) is 54.0 cm³/mol. The lowest BCUT2D eigenvalue weighted by Crippen LogP contribution is -1.86. The Labute approximate surface area is 77.4 Å². The van der Waals surface area contributed by atoms with Gasteiger partial charge in [-0.15, -0.1) is 0 Å². The number of nitrogens with zero attached hydrogens (tertiary/aromatic N) is 1. The van der Waals surface area contributed by atoms with Crippen LogP contribution in [0.3, 0.4) is 0 Å². The number of fused-ring (bicyclic) bond motifs is 1. The van der Waals surface area contributed by atoms with Crippen LogP contribution in [-0.4, -0.2) is 9.67 Å². The van der Waals surface area contributed by atoms with Gasteiger partial charge in [-0.3, -0.25) is 0 Å². The Kier molecular flexibility index (Phi) is 1.76. The smallest absolute Gasteiger partial charge is 0.128 e. The van der Waals surface area contributed by atoms with Crippen molar-refractivity contribution in [1.82, 2.24) is 4.57 Å². The molecule has 0 bridgehead atoms.